The van der Waals surface area contributed by atoms with Gasteiger partial charge < -0.3 is 10.6 Å². The van der Waals surface area contributed by atoms with Crippen LogP contribution in [-0.2, 0) is 10.0 Å². The Morgan fingerprint density at radius 1 is 1.35 bits per heavy atom. The van der Waals surface area contributed by atoms with Crippen molar-refractivity contribution in [1.29, 1.82) is 0 Å². The normalized spacial score (nSPS) is 13.4. The fourth-order valence-electron chi connectivity index (χ4n) is 1.53. The molecule has 6 heteroatoms. The summed E-state index contributed by atoms with van der Waals surface area (Å²) < 4.78 is 22.8. The minimum atomic E-state index is -3.69. The van der Waals surface area contributed by atoms with E-state index in [0.717, 1.165) is 6.42 Å². The second-order valence-electron chi connectivity index (χ2n) is 4.20. The summed E-state index contributed by atoms with van der Waals surface area (Å²) in [5.74, 6) is 0. The van der Waals surface area contributed by atoms with Gasteiger partial charge in [-0.3, -0.25) is 0 Å². The molecule has 1 aromatic rings. The Balaban J connectivity index is 2.98. The molecule has 0 fully saturated rings. The maximum absolute atomic E-state index is 11.4. The number of rotatable bonds is 5. The van der Waals surface area contributed by atoms with Crippen LogP contribution >= 0.6 is 0 Å². The smallest absolute Gasteiger partial charge is 0.240 e. The largest absolute Gasteiger partial charge is 0.373 e. The molecule has 4 N–H and O–H groups in total. The Bertz CT molecular complexity index is 471. The van der Waals surface area contributed by atoms with E-state index < -0.39 is 10.0 Å². The van der Waals surface area contributed by atoms with Crippen molar-refractivity contribution in [2.24, 2.45) is 10.9 Å². The van der Waals surface area contributed by atoms with E-state index in [1.807, 2.05) is 18.9 Å². The average molecular weight is 257 g/mol. The molecule has 0 saturated heterocycles. The summed E-state index contributed by atoms with van der Waals surface area (Å²) in [5.41, 5.74) is 6.28. The van der Waals surface area contributed by atoms with E-state index in [1.54, 1.807) is 18.2 Å². The van der Waals surface area contributed by atoms with Gasteiger partial charge in [0.15, 0.2) is 0 Å². The predicted molar refractivity (Wildman–Crippen MR) is 69.4 cm³/mol. The maximum Gasteiger partial charge on any atom is 0.240 e. The van der Waals surface area contributed by atoms with Gasteiger partial charge >= 0.3 is 0 Å². The number of anilines is 1. The topological polar surface area (TPSA) is 89.4 Å². The van der Waals surface area contributed by atoms with E-state index >= 15 is 0 Å². The summed E-state index contributed by atoms with van der Waals surface area (Å²) in [4.78, 5) is 2.00. The van der Waals surface area contributed by atoms with Crippen molar-refractivity contribution in [1.82, 2.24) is 0 Å². The lowest BCUT2D eigenvalue weighted by Crippen LogP contribution is -2.27. The Kier molecular flexibility index (Phi) is 4.50. The zero-order valence-electron chi connectivity index (χ0n) is 10.1. The van der Waals surface area contributed by atoms with Gasteiger partial charge in [-0.15, -0.1) is 0 Å². The SMILES string of the molecule is CC(N)CCN(C)c1ccccc1S(N)(=O)=O. The standard InChI is InChI=1S/C11H19N3O2S/c1-9(12)7-8-14(2)10-5-3-4-6-11(10)17(13,15)16/h3-6,9H,7-8,12H2,1-2H3,(H2,13,15,16). The molecule has 0 aliphatic carbocycles. The molecule has 17 heavy (non-hydrogen) atoms. The van der Waals surface area contributed by atoms with Crippen LogP contribution in [-0.4, -0.2) is 28.1 Å². The van der Waals surface area contributed by atoms with Gasteiger partial charge in [-0.25, -0.2) is 13.6 Å². The Morgan fingerprint density at radius 2 is 1.94 bits per heavy atom. The third-order valence-corrected chi connectivity index (χ3v) is 3.46. The summed E-state index contributed by atoms with van der Waals surface area (Å²) in [7, 11) is -1.86. The second-order valence-corrected chi connectivity index (χ2v) is 5.73. The fraction of sp³-hybridized carbons (Fsp3) is 0.455. The molecule has 0 spiro atoms. The fourth-order valence-corrected chi connectivity index (χ4v) is 2.31. The lowest BCUT2D eigenvalue weighted by molar-refractivity contribution is 0.597. The first-order chi connectivity index (χ1) is 7.82. The number of sulfonamides is 1. The van der Waals surface area contributed by atoms with Gasteiger partial charge in [-0.05, 0) is 25.5 Å². The molecule has 1 aromatic carbocycles. The Morgan fingerprint density at radius 3 is 2.47 bits per heavy atom. The van der Waals surface area contributed by atoms with Crippen LogP contribution in [0.2, 0.25) is 0 Å². The highest BCUT2D eigenvalue weighted by molar-refractivity contribution is 7.89. The van der Waals surface area contributed by atoms with Crippen molar-refractivity contribution in [3.63, 3.8) is 0 Å². The molecule has 0 amide bonds. The molecule has 0 bridgehead atoms. The lowest BCUT2D eigenvalue weighted by Gasteiger charge is -2.22. The third kappa shape index (κ3) is 3.99. The molecule has 0 aliphatic heterocycles. The first kappa shape index (κ1) is 14.0. The molecule has 0 saturated carbocycles. The maximum atomic E-state index is 11.4. The van der Waals surface area contributed by atoms with Gasteiger partial charge in [-0.1, -0.05) is 12.1 Å². The molecular formula is C11H19N3O2S. The van der Waals surface area contributed by atoms with Crippen molar-refractivity contribution in [3.05, 3.63) is 24.3 Å². The second kappa shape index (κ2) is 5.48. The molecule has 96 valence electrons. The van der Waals surface area contributed by atoms with Gasteiger partial charge in [0.1, 0.15) is 4.90 Å². The molecular weight excluding hydrogens is 238 g/mol. The monoisotopic (exact) mass is 257 g/mol. The van der Waals surface area contributed by atoms with E-state index in [-0.39, 0.29) is 10.9 Å². The quantitative estimate of drug-likeness (QED) is 0.804. The first-order valence-corrected chi connectivity index (χ1v) is 6.95. The molecule has 0 heterocycles. The zero-order chi connectivity index (χ0) is 13.1. The Hall–Kier alpha value is -1.11. The lowest BCUT2D eigenvalue weighted by atomic mass is 10.2. The van der Waals surface area contributed by atoms with E-state index in [4.69, 9.17) is 10.9 Å². The highest BCUT2D eigenvalue weighted by Crippen LogP contribution is 2.22. The van der Waals surface area contributed by atoms with Crippen LogP contribution in [0.3, 0.4) is 0 Å². The molecule has 0 aliphatic rings. The van der Waals surface area contributed by atoms with Crippen molar-refractivity contribution < 1.29 is 8.42 Å². The van der Waals surface area contributed by atoms with Crippen molar-refractivity contribution in [2.45, 2.75) is 24.3 Å². The zero-order valence-corrected chi connectivity index (χ0v) is 10.9. The molecule has 1 rings (SSSR count). The van der Waals surface area contributed by atoms with E-state index in [1.165, 1.54) is 6.07 Å². The van der Waals surface area contributed by atoms with Crippen molar-refractivity contribution in [2.75, 3.05) is 18.5 Å². The minimum Gasteiger partial charge on any atom is -0.373 e. The van der Waals surface area contributed by atoms with Crippen LogP contribution in [0.1, 0.15) is 13.3 Å². The summed E-state index contributed by atoms with van der Waals surface area (Å²) in [6, 6.07) is 6.77. The van der Waals surface area contributed by atoms with Gasteiger partial charge in [-0.2, -0.15) is 0 Å². The summed E-state index contributed by atoms with van der Waals surface area (Å²) in [5, 5.41) is 5.17. The van der Waals surface area contributed by atoms with Crippen LogP contribution in [0.5, 0.6) is 0 Å². The van der Waals surface area contributed by atoms with E-state index in [9.17, 15) is 8.42 Å². The van der Waals surface area contributed by atoms with Gasteiger partial charge in [0.25, 0.3) is 0 Å². The summed E-state index contributed by atoms with van der Waals surface area (Å²) in [6.07, 6.45) is 0.787. The minimum absolute atomic E-state index is 0.0825. The highest BCUT2D eigenvalue weighted by atomic mass is 32.2. The van der Waals surface area contributed by atoms with Gasteiger partial charge in [0, 0.05) is 19.6 Å². The van der Waals surface area contributed by atoms with Gasteiger partial charge in [0.05, 0.1) is 5.69 Å². The number of benzene rings is 1. The van der Waals surface area contributed by atoms with Crippen LogP contribution in [0.25, 0.3) is 0 Å². The molecule has 5 nitrogen and oxygen atoms in total. The van der Waals surface area contributed by atoms with E-state index in [2.05, 4.69) is 0 Å². The average Bonchev–Trinajstić information content (AvgIpc) is 2.24. The molecule has 1 unspecified atom stereocenters. The summed E-state index contributed by atoms with van der Waals surface area (Å²) in [6.45, 7) is 2.60. The number of hydrogen-bond acceptors (Lipinski definition) is 4. The third-order valence-electron chi connectivity index (χ3n) is 2.50. The highest BCUT2D eigenvalue weighted by Gasteiger charge is 2.15. The van der Waals surface area contributed by atoms with Crippen LogP contribution in [0.15, 0.2) is 29.2 Å². The van der Waals surface area contributed by atoms with Crippen molar-refractivity contribution >= 4 is 15.7 Å². The molecule has 1 atom stereocenters. The van der Waals surface area contributed by atoms with Crippen LogP contribution < -0.4 is 15.8 Å². The first-order valence-electron chi connectivity index (χ1n) is 5.41. The summed E-state index contributed by atoms with van der Waals surface area (Å²) >= 11 is 0. The van der Waals surface area contributed by atoms with Crippen molar-refractivity contribution in [3.8, 4) is 0 Å². The predicted octanol–water partition coefficient (Wildman–Crippen LogP) is 0.507. The Labute approximate surface area is 102 Å². The van der Waals surface area contributed by atoms with Crippen LogP contribution in [0, 0.1) is 0 Å². The number of nitrogens with zero attached hydrogens (tertiary/aromatic N) is 1. The number of para-hydroxylation sites is 1. The molecule has 0 aromatic heterocycles. The van der Waals surface area contributed by atoms with Gasteiger partial charge in [0.2, 0.25) is 10.0 Å². The number of hydrogen-bond donors (Lipinski definition) is 2. The van der Waals surface area contributed by atoms with E-state index in [0.29, 0.717) is 12.2 Å². The molecule has 0 radical (unpaired) electrons. The van der Waals surface area contributed by atoms with Crippen LogP contribution in [0.4, 0.5) is 5.69 Å². The number of nitrogens with two attached hydrogens (primary N) is 2. The number of primary sulfonamides is 1.